The molecule has 0 unspecified atom stereocenters. The molecule has 0 spiro atoms. The molecule has 1 aliphatic carbocycles. The number of nitrogens with one attached hydrogen (secondary N) is 2. The molecule has 2 N–H and O–H groups in total. The second-order valence-electron chi connectivity index (χ2n) is 6.32. The minimum absolute atomic E-state index is 0.211. The second-order valence-corrected chi connectivity index (χ2v) is 8.37. The minimum Gasteiger partial charge on any atom is -0.314 e. The molecule has 1 saturated carbocycles. The molecule has 0 amide bonds. The Morgan fingerprint density at radius 3 is 2.56 bits per heavy atom. The number of hydrogen-bond donors (Lipinski definition) is 2. The van der Waals surface area contributed by atoms with Gasteiger partial charge in [-0.25, -0.2) is 13.1 Å². The van der Waals surface area contributed by atoms with Crippen LogP contribution in [0.15, 0.2) is 0 Å². The monoisotopic (exact) mass is 276 g/mol. The zero-order valence-corrected chi connectivity index (χ0v) is 12.9. The van der Waals surface area contributed by atoms with Crippen molar-refractivity contribution in [2.24, 2.45) is 11.3 Å². The van der Waals surface area contributed by atoms with Gasteiger partial charge in [-0.05, 0) is 50.6 Å². The number of hydrogen-bond acceptors (Lipinski definition) is 3. The Morgan fingerprint density at radius 1 is 1.33 bits per heavy atom. The lowest BCUT2D eigenvalue weighted by atomic mass is 9.70. The van der Waals surface area contributed by atoms with E-state index in [1.807, 2.05) is 0 Å². The van der Waals surface area contributed by atoms with Crippen molar-refractivity contribution in [1.29, 1.82) is 0 Å². The summed E-state index contributed by atoms with van der Waals surface area (Å²) in [5, 5.41) is 3.51. The first kappa shape index (κ1) is 15.9. The van der Waals surface area contributed by atoms with E-state index in [1.54, 1.807) is 0 Å². The summed E-state index contributed by atoms with van der Waals surface area (Å²) in [6, 6.07) is 0.551. The maximum Gasteiger partial charge on any atom is 0.211 e. The Balaban J connectivity index is 2.25. The Morgan fingerprint density at radius 2 is 2.00 bits per heavy atom. The minimum atomic E-state index is -3.04. The van der Waals surface area contributed by atoms with E-state index < -0.39 is 10.0 Å². The van der Waals surface area contributed by atoms with Crippen LogP contribution >= 0.6 is 0 Å². The van der Waals surface area contributed by atoms with Crippen LogP contribution in [0.2, 0.25) is 0 Å². The summed E-state index contributed by atoms with van der Waals surface area (Å²) in [7, 11) is -1.58. The summed E-state index contributed by atoms with van der Waals surface area (Å²) in [5.74, 6) is 0.887. The molecule has 5 heteroatoms. The van der Waals surface area contributed by atoms with Gasteiger partial charge in [0.05, 0.1) is 5.75 Å². The maximum atomic E-state index is 11.3. The van der Waals surface area contributed by atoms with Gasteiger partial charge in [0.25, 0.3) is 0 Å². The van der Waals surface area contributed by atoms with Gasteiger partial charge in [-0.1, -0.05) is 20.8 Å². The van der Waals surface area contributed by atoms with Gasteiger partial charge >= 0.3 is 0 Å². The number of rotatable bonds is 6. The summed E-state index contributed by atoms with van der Waals surface area (Å²) in [4.78, 5) is 0. The van der Waals surface area contributed by atoms with Gasteiger partial charge in [0.1, 0.15) is 0 Å². The lowest BCUT2D eigenvalue weighted by Gasteiger charge is -2.39. The summed E-state index contributed by atoms with van der Waals surface area (Å²) in [6.45, 7) is 7.75. The largest absolute Gasteiger partial charge is 0.314 e. The molecule has 2 atom stereocenters. The van der Waals surface area contributed by atoms with Crippen LogP contribution in [0.4, 0.5) is 0 Å². The van der Waals surface area contributed by atoms with Crippen molar-refractivity contribution in [2.75, 3.05) is 19.3 Å². The second kappa shape index (κ2) is 6.35. The molecule has 1 aliphatic rings. The zero-order chi connectivity index (χ0) is 13.8. The predicted octanol–water partition coefficient (Wildman–Crippen LogP) is 1.73. The highest BCUT2D eigenvalue weighted by Gasteiger charge is 2.31. The van der Waals surface area contributed by atoms with Crippen LogP contribution in [0.1, 0.15) is 46.5 Å². The van der Waals surface area contributed by atoms with Crippen LogP contribution in [0.3, 0.4) is 0 Å². The molecule has 0 aromatic carbocycles. The van der Waals surface area contributed by atoms with Gasteiger partial charge in [-0.15, -0.1) is 0 Å². The molecule has 18 heavy (non-hydrogen) atoms. The van der Waals surface area contributed by atoms with Gasteiger partial charge in [0, 0.05) is 6.04 Å². The smallest absolute Gasteiger partial charge is 0.211 e. The van der Waals surface area contributed by atoms with Crippen molar-refractivity contribution in [3.8, 4) is 0 Å². The molecular formula is C13H28N2O2S. The van der Waals surface area contributed by atoms with Crippen LogP contribution < -0.4 is 10.0 Å². The van der Waals surface area contributed by atoms with E-state index >= 15 is 0 Å². The SMILES string of the molecule is CNS(=O)(=O)CCCN[C@H]1CCC(C)(C)C[C@H]1C. The molecular weight excluding hydrogens is 248 g/mol. The summed E-state index contributed by atoms with van der Waals surface area (Å²) >= 11 is 0. The lowest BCUT2D eigenvalue weighted by Crippen LogP contribution is -2.42. The summed E-state index contributed by atoms with van der Waals surface area (Å²) in [5.41, 5.74) is 0.465. The molecule has 0 bridgehead atoms. The van der Waals surface area contributed by atoms with E-state index in [9.17, 15) is 8.42 Å². The summed E-state index contributed by atoms with van der Waals surface area (Å²) in [6.07, 6.45) is 4.38. The fourth-order valence-corrected chi connectivity index (χ4v) is 3.63. The molecule has 0 radical (unpaired) electrons. The Hall–Kier alpha value is -0.130. The van der Waals surface area contributed by atoms with Gasteiger partial charge < -0.3 is 5.32 Å². The van der Waals surface area contributed by atoms with E-state index in [2.05, 4.69) is 30.8 Å². The molecule has 0 saturated heterocycles. The van der Waals surface area contributed by atoms with E-state index in [0.717, 1.165) is 6.54 Å². The van der Waals surface area contributed by atoms with Crippen LogP contribution in [-0.2, 0) is 10.0 Å². The summed E-state index contributed by atoms with van der Waals surface area (Å²) < 4.78 is 24.9. The predicted molar refractivity (Wildman–Crippen MR) is 76.1 cm³/mol. The Labute approximate surface area is 112 Å². The van der Waals surface area contributed by atoms with Crippen LogP contribution in [-0.4, -0.2) is 33.8 Å². The van der Waals surface area contributed by atoms with Crippen molar-refractivity contribution in [3.63, 3.8) is 0 Å². The Bertz CT molecular complexity index is 352. The Kier molecular flexibility index (Phi) is 5.62. The van der Waals surface area contributed by atoms with Crippen LogP contribution in [0.25, 0.3) is 0 Å². The standard InChI is InChI=1S/C13H28N2O2S/c1-11-10-13(2,3)7-6-12(11)15-8-5-9-18(16,17)14-4/h11-12,14-15H,5-10H2,1-4H3/t11-,12+/m1/s1. The van der Waals surface area contributed by atoms with E-state index in [4.69, 9.17) is 0 Å². The molecule has 1 fully saturated rings. The topological polar surface area (TPSA) is 58.2 Å². The zero-order valence-electron chi connectivity index (χ0n) is 12.1. The average molecular weight is 276 g/mol. The van der Waals surface area contributed by atoms with Crippen molar-refractivity contribution in [3.05, 3.63) is 0 Å². The third kappa shape index (κ3) is 5.24. The number of sulfonamides is 1. The average Bonchev–Trinajstić information content (AvgIpc) is 2.26. The van der Waals surface area contributed by atoms with Gasteiger partial charge in [0.15, 0.2) is 0 Å². The van der Waals surface area contributed by atoms with Crippen molar-refractivity contribution < 1.29 is 8.42 Å². The third-order valence-electron chi connectivity index (χ3n) is 4.00. The quantitative estimate of drug-likeness (QED) is 0.726. The van der Waals surface area contributed by atoms with Crippen molar-refractivity contribution in [1.82, 2.24) is 10.0 Å². The first-order valence-electron chi connectivity index (χ1n) is 6.90. The normalized spacial score (nSPS) is 28.2. The van der Waals surface area contributed by atoms with Crippen LogP contribution in [0.5, 0.6) is 0 Å². The van der Waals surface area contributed by atoms with Crippen molar-refractivity contribution in [2.45, 2.75) is 52.5 Å². The highest BCUT2D eigenvalue weighted by atomic mass is 32.2. The first-order valence-corrected chi connectivity index (χ1v) is 8.55. The van der Waals surface area contributed by atoms with Crippen molar-refractivity contribution >= 4 is 10.0 Å². The van der Waals surface area contributed by atoms with Gasteiger partial charge in [-0.3, -0.25) is 0 Å². The van der Waals surface area contributed by atoms with E-state index in [1.165, 1.54) is 26.3 Å². The molecule has 0 aliphatic heterocycles. The van der Waals surface area contributed by atoms with Crippen LogP contribution in [0, 0.1) is 11.3 Å². The highest BCUT2D eigenvalue weighted by Crippen LogP contribution is 2.38. The van der Waals surface area contributed by atoms with Gasteiger partial charge in [-0.2, -0.15) is 0 Å². The van der Waals surface area contributed by atoms with E-state index in [-0.39, 0.29) is 5.75 Å². The molecule has 0 aromatic rings. The molecule has 108 valence electrons. The lowest BCUT2D eigenvalue weighted by molar-refractivity contribution is 0.149. The fraction of sp³-hybridized carbons (Fsp3) is 1.00. The van der Waals surface area contributed by atoms with E-state index in [0.29, 0.717) is 23.8 Å². The van der Waals surface area contributed by atoms with Gasteiger partial charge in [0.2, 0.25) is 10.0 Å². The highest BCUT2D eigenvalue weighted by molar-refractivity contribution is 7.89. The third-order valence-corrected chi connectivity index (χ3v) is 5.45. The molecule has 1 rings (SSSR count). The molecule has 4 nitrogen and oxygen atoms in total. The maximum absolute atomic E-state index is 11.3. The molecule has 0 aromatic heterocycles. The fourth-order valence-electron chi connectivity index (χ4n) is 2.90. The first-order chi connectivity index (χ1) is 8.26. The molecule has 0 heterocycles.